The maximum atomic E-state index is 13.5. The van der Waals surface area contributed by atoms with E-state index in [-0.39, 0.29) is 5.82 Å². The number of hydrogen-bond donors (Lipinski definition) is 0. The fourth-order valence-corrected chi connectivity index (χ4v) is 3.08. The van der Waals surface area contributed by atoms with E-state index in [9.17, 15) is 4.39 Å². The zero-order valence-electron chi connectivity index (χ0n) is 9.26. The summed E-state index contributed by atoms with van der Waals surface area (Å²) in [5.41, 5.74) is 2.25. The van der Waals surface area contributed by atoms with Crippen LogP contribution >= 0.6 is 0 Å². The molecule has 1 nitrogen and oxygen atoms in total. The van der Waals surface area contributed by atoms with Crippen LogP contribution in [0.4, 0.5) is 4.39 Å². The van der Waals surface area contributed by atoms with Crippen molar-refractivity contribution in [2.24, 2.45) is 5.92 Å². The molecule has 1 aromatic carbocycles. The summed E-state index contributed by atoms with van der Waals surface area (Å²) < 4.78 is 13.5. The third kappa shape index (κ3) is 1.24. The monoisotopic (exact) mass is 205 g/mol. The minimum atomic E-state index is -0.0536. The molecular formula is C13H16FN. The van der Waals surface area contributed by atoms with Crippen LogP contribution in [0, 0.1) is 18.7 Å². The molecule has 1 aliphatic carbocycles. The molecule has 0 N–H and O–H groups in total. The summed E-state index contributed by atoms with van der Waals surface area (Å²) in [5.74, 6) is 0.715. The van der Waals surface area contributed by atoms with Gasteiger partial charge in [0.05, 0.1) is 0 Å². The summed E-state index contributed by atoms with van der Waals surface area (Å²) in [4.78, 5) is 2.35. The number of nitrogens with zero attached hydrogens (tertiary/aromatic N) is 1. The lowest BCUT2D eigenvalue weighted by Gasteiger charge is -2.16. The van der Waals surface area contributed by atoms with Crippen molar-refractivity contribution in [1.29, 1.82) is 0 Å². The topological polar surface area (TPSA) is 3.24 Å². The molecule has 2 atom stereocenters. The smallest absolute Gasteiger partial charge is 0.126 e. The molecule has 0 radical (unpaired) electrons. The standard InChI is InChI=1S/C13H16FN/c1-9-3-4-10(5-12(9)14)13-6-11(13)7-15(2)8-13/h3-5,11H,6-8H2,1-2H3. The Labute approximate surface area is 89.9 Å². The van der Waals surface area contributed by atoms with Crippen LogP contribution < -0.4 is 0 Å². The minimum absolute atomic E-state index is 0.0536. The van der Waals surface area contributed by atoms with Crippen LogP contribution in [0.1, 0.15) is 17.5 Å². The van der Waals surface area contributed by atoms with Gasteiger partial charge in [-0.1, -0.05) is 12.1 Å². The summed E-state index contributed by atoms with van der Waals surface area (Å²) in [7, 11) is 2.15. The molecule has 2 aliphatic rings. The second-order valence-electron chi connectivity index (χ2n) is 5.22. The molecule has 1 aromatic rings. The van der Waals surface area contributed by atoms with Crippen LogP contribution in [0.5, 0.6) is 0 Å². The van der Waals surface area contributed by atoms with Gasteiger partial charge in [-0.25, -0.2) is 4.39 Å². The number of halogens is 1. The van der Waals surface area contributed by atoms with E-state index in [1.807, 2.05) is 13.0 Å². The number of aryl methyl sites for hydroxylation is 1. The Morgan fingerprint density at radius 1 is 1.47 bits per heavy atom. The number of benzene rings is 1. The third-order valence-corrected chi connectivity index (χ3v) is 4.06. The Hall–Kier alpha value is -0.890. The molecule has 0 bridgehead atoms. The summed E-state index contributed by atoms with van der Waals surface area (Å²) >= 11 is 0. The van der Waals surface area contributed by atoms with E-state index < -0.39 is 0 Å². The Morgan fingerprint density at radius 2 is 2.27 bits per heavy atom. The molecule has 1 aliphatic heterocycles. The van der Waals surface area contributed by atoms with E-state index in [0.717, 1.165) is 18.0 Å². The van der Waals surface area contributed by atoms with Gasteiger partial charge in [-0.2, -0.15) is 0 Å². The maximum Gasteiger partial charge on any atom is 0.126 e. The van der Waals surface area contributed by atoms with Crippen molar-refractivity contribution < 1.29 is 4.39 Å². The van der Waals surface area contributed by atoms with Gasteiger partial charge in [0.2, 0.25) is 0 Å². The molecule has 1 saturated heterocycles. The highest BCUT2D eigenvalue weighted by Crippen LogP contribution is 2.58. The second-order valence-corrected chi connectivity index (χ2v) is 5.22. The number of hydrogen-bond acceptors (Lipinski definition) is 1. The van der Waals surface area contributed by atoms with E-state index in [1.54, 1.807) is 6.07 Å². The lowest BCUT2D eigenvalue weighted by atomic mass is 9.94. The van der Waals surface area contributed by atoms with Crippen molar-refractivity contribution >= 4 is 0 Å². The van der Waals surface area contributed by atoms with Crippen molar-refractivity contribution in [2.45, 2.75) is 18.8 Å². The molecule has 0 aromatic heterocycles. The first kappa shape index (κ1) is 9.34. The zero-order valence-corrected chi connectivity index (χ0v) is 9.26. The summed E-state index contributed by atoms with van der Waals surface area (Å²) in [6.45, 7) is 4.09. The molecule has 0 spiro atoms. The lowest BCUT2D eigenvalue weighted by molar-refractivity contribution is 0.363. The highest BCUT2D eigenvalue weighted by molar-refractivity contribution is 5.38. The first-order valence-electron chi connectivity index (χ1n) is 5.57. The average Bonchev–Trinajstić information content (AvgIpc) is 2.75. The average molecular weight is 205 g/mol. The molecular weight excluding hydrogens is 189 g/mol. The fraction of sp³-hybridized carbons (Fsp3) is 0.538. The molecule has 80 valence electrons. The molecule has 1 saturated carbocycles. The van der Waals surface area contributed by atoms with Gasteiger partial charge in [-0.3, -0.25) is 0 Å². The van der Waals surface area contributed by atoms with E-state index >= 15 is 0 Å². The molecule has 2 heteroatoms. The summed E-state index contributed by atoms with van der Waals surface area (Å²) in [5, 5.41) is 0. The van der Waals surface area contributed by atoms with Crippen molar-refractivity contribution in [3.63, 3.8) is 0 Å². The number of rotatable bonds is 1. The SMILES string of the molecule is Cc1ccc(C23CC2CN(C)C3)cc1F. The molecule has 1 heterocycles. The summed E-state index contributed by atoms with van der Waals surface area (Å²) in [6, 6.07) is 5.76. The van der Waals surface area contributed by atoms with Crippen LogP contribution in [-0.2, 0) is 5.41 Å². The van der Waals surface area contributed by atoms with Gasteiger partial charge in [0.15, 0.2) is 0 Å². The summed E-state index contributed by atoms with van der Waals surface area (Å²) in [6.07, 6.45) is 1.25. The fourth-order valence-electron chi connectivity index (χ4n) is 3.08. The van der Waals surface area contributed by atoms with E-state index in [0.29, 0.717) is 5.41 Å². The van der Waals surface area contributed by atoms with Gasteiger partial charge >= 0.3 is 0 Å². The maximum absolute atomic E-state index is 13.5. The first-order chi connectivity index (χ1) is 7.12. The number of fused-ring (bicyclic) bond motifs is 1. The molecule has 15 heavy (non-hydrogen) atoms. The zero-order chi connectivity index (χ0) is 10.6. The van der Waals surface area contributed by atoms with E-state index in [1.165, 1.54) is 18.5 Å². The predicted molar refractivity (Wildman–Crippen MR) is 58.4 cm³/mol. The number of likely N-dealkylation sites (tertiary alicyclic amines) is 1. The highest BCUT2D eigenvalue weighted by Gasteiger charge is 2.59. The predicted octanol–water partition coefficient (Wildman–Crippen LogP) is 2.34. The second kappa shape index (κ2) is 2.82. The Balaban J connectivity index is 1.97. The quantitative estimate of drug-likeness (QED) is 0.680. The Kier molecular flexibility index (Phi) is 1.76. The number of likely N-dealkylation sites (N-methyl/N-ethyl adjacent to an activating group) is 1. The van der Waals surface area contributed by atoms with Gasteiger partial charge in [0, 0.05) is 18.5 Å². The van der Waals surface area contributed by atoms with Gasteiger partial charge in [-0.15, -0.1) is 0 Å². The van der Waals surface area contributed by atoms with E-state index in [4.69, 9.17) is 0 Å². The van der Waals surface area contributed by atoms with Crippen molar-refractivity contribution in [2.75, 3.05) is 20.1 Å². The van der Waals surface area contributed by atoms with Gasteiger partial charge in [-0.05, 0) is 43.5 Å². The third-order valence-electron chi connectivity index (χ3n) is 4.06. The molecule has 3 rings (SSSR count). The Morgan fingerprint density at radius 3 is 2.87 bits per heavy atom. The molecule has 2 unspecified atom stereocenters. The Bertz CT molecular complexity index is 415. The van der Waals surface area contributed by atoms with E-state index in [2.05, 4.69) is 18.0 Å². The largest absolute Gasteiger partial charge is 0.305 e. The number of piperidine rings is 1. The van der Waals surface area contributed by atoms with Crippen LogP contribution in [0.2, 0.25) is 0 Å². The van der Waals surface area contributed by atoms with Crippen LogP contribution in [0.3, 0.4) is 0 Å². The van der Waals surface area contributed by atoms with Gasteiger partial charge in [0.1, 0.15) is 5.82 Å². The van der Waals surface area contributed by atoms with Gasteiger partial charge in [0.25, 0.3) is 0 Å². The van der Waals surface area contributed by atoms with Crippen LogP contribution in [-0.4, -0.2) is 25.0 Å². The van der Waals surface area contributed by atoms with Crippen LogP contribution in [0.25, 0.3) is 0 Å². The molecule has 2 fully saturated rings. The highest BCUT2D eigenvalue weighted by atomic mass is 19.1. The molecule has 0 amide bonds. The van der Waals surface area contributed by atoms with Gasteiger partial charge < -0.3 is 4.90 Å². The first-order valence-corrected chi connectivity index (χ1v) is 5.57. The van der Waals surface area contributed by atoms with Crippen molar-refractivity contribution in [3.05, 3.63) is 35.1 Å². The van der Waals surface area contributed by atoms with Crippen molar-refractivity contribution in [3.8, 4) is 0 Å². The lowest BCUT2D eigenvalue weighted by Crippen LogP contribution is -2.22. The van der Waals surface area contributed by atoms with Crippen LogP contribution in [0.15, 0.2) is 18.2 Å². The normalized spacial score (nSPS) is 34.2. The minimum Gasteiger partial charge on any atom is -0.305 e. The van der Waals surface area contributed by atoms with Crippen molar-refractivity contribution in [1.82, 2.24) is 4.90 Å².